The largest absolute Gasteiger partial charge is 0.251 e. The van der Waals surface area contributed by atoms with Crippen molar-refractivity contribution in [3.63, 3.8) is 0 Å². The maximum atomic E-state index is 11.3. The molecule has 1 heteroatoms. The molecule has 1 atom stereocenters. The van der Waals surface area contributed by atoms with Gasteiger partial charge in [0.1, 0.15) is 0 Å². The van der Waals surface area contributed by atoms with E-state index in [1.165, 1.54) is 0 Å². The van der Waals surface area contributed by atoms with Crippen LogP contribution < -0.4 is 0 Å². The first-order valence-electron chi connectivity index (χ1n) is 2.16. The van der Waals surface area contributed by atoms with E-state index < -0.39 is 0 Å². The molecule has 0 aromatic heterocycles. The summed E-state index contributed by atoms with van der Waals surface area (Å²) in [5, 5.41) is 0. The number of alkyl halides is 1. The average Bonchev–Trinajstić information content (AvgIpc) is 1.65. The topological polar surface area (TPSA) is 0 Å². The van der Waals surface area contributed by atoms with Gasteiger partial charge in [0.15, 0.2) is 0 Å². The summed E-state index contributed by atoms with van der Waals surface area (Å²) in [4.78, 5) is 0. The number of halogens is 1. The van der Waals surface area contributed by atoms with E-state index in [4.69, 9.17) is 0 Å². The molecule has 0 heterocycles. The van der Waals surface area contributed by atoms with Gasteiger partial charge in [0.25, 0.3) is 0 Å². The molecule has 0 aromatic rings. The second-order valence-electron chi connectivity index (χ2n) is 1.55. The Bertz CT molecular complexity index is 23.1. The maximum absolute atomic E-state index is 11.3. The van der Waals surface area contributed by atoms with Gasteiger partial charge in [-0.05, 0) is 12.3 Å². The normalized spacial score (nSPS) is 14.5. The van der Waals surface area contributed by atoms with Crippen molar-refractivity contribution in [2.75, 3.05) is 6.67 Å². The zero-order valence-electron chi connectivity index (χ0n) is 4.08. The first-order valence-corrected chi connectivity index (χ1v) is 2.16. The molecule has 0 aliphatic carbocycles. The van der Waals surface area contributed by atoms with Gasteiger partial charge in [-0.3, -0.25) is 4.39 Å². The van der Waals surface area contributed by atoms with E-state index in [0.29, 0.717) is 6.42 Å². The highest BCUT2D eigenvalue weighted by Gasteiger charge is 1.92. The standard InChI is InChI=1S/C5H10F/c1-3-5(2)4-6/h5H,1,3-4H2,2H3. The Balaban J connectivity index is 2.75. The van der Waals surface area contributed by atoms with E-state index in [2.05, 4.69) is 6.92 Å². The maximum Gasteiger partial charge on any atom is 0.0919 e. The Kier molecular flexibility index (Phi) is 3.10. The zero-order chi connectivity index (χ0) is 4.99. The molecule has 0 spiro atoms. The van der Waals surface area contributed by atoms with Crippen molar-refractivity contribution in [2.45, 2.75) is 13.3 Å². The minimum absolute atomic E-state index is 0.157. The van der Waals surface area contributed by atoms with Crippen molar-refractivity contribution in [1.29, 1.82) is 0 Å². The zero-order valence-corrected chi connectivity index (χ0v) is 4.08. The van der Waals surface area contributed by atoms with Gasteiger partial charge < -0.3 is 0 Å². The van der Waals surface area contributed by atoms with Gasteiger partial charge in [0.05, 0.1) is 6.67 Å². The third-order valence-corrected chi connectivity index (χ3v) is 0.756. The number of rotatable bonds is 2. The Morgan fingerprint density at radius 2 is 2.33 bits per heavy atom. The molecule has 0 saturated carbocycles. The Labute approximate surface area is 38.4 Å². The highest BCUT2D eigenvalue weighted by Crippen LogP contribution is 1.97. The van der Waals surface area contributed by atoms with Gasteiger partial charge in [-0.15, -0.1) is 0 Å². The van der Waals surface area contributed by atoms with Crippen LogP contribution in [0, 0.1) is 12.8 Å². The molecule has 1 radical (unpaired) electrons. The van der Waals surface area contributed by atoms with E-state index in [1.54, 1.807) is 0 Å². The Hall–Kier alpha value is -0.0700. The van der Waals surface area contributed by atoms with Gasteiger partial charge in [-0.25, -0.2) is 0 Å². The van der Waals surface area contributed by atoms with Crippen LogP contribution in [0.2, 0.25) is 0 Å². The summed E-state index contributed by atoms with van der Waals surface area (Å²) in [6.45, 7) is 5.12. The van der Waals surface area contributed by atoms with Gasteiger partial charge in [0.2, 0.25) is 0 Å². The molecule has 0 aliphatic heterocycles. The minimum atomic E-state index is -0.233. The molecule has 0 saturated heterocycles. The van der Waals surface area contributed by atoms with Crippen molar-refractivity contribution in [3.8, 4) is 0 Å². The molecule has 0 bridgehead atoms. The third kappa shape index (κ3) is 2.18. The van der Waals surface area contributed by atoms with Gasteiger partial charge in [-0.1, -0.05) is 13.8 Å². The lowest BCUT2D eigenvalue weighted by molar-refractivity contribution is 0.385. The first-order chi connectivity index (χ1) is 2.81. The van der Waals surface area contributed by atoms with Crippen LogP contribution in [0.5, 0.6) is 0 Å². The van der Waals surface area contributed by atoms with Crippen LogP contribution in [-0.4, -0.2) is 6.67 Å². The molecule has 6 heavy (non-hydrogen) atoms. The molecule has 0 fully saturated rings. The van der Waals surface area contributed by atoms with Crippen LogP contribution in [-0.2, 0) is 0 Å². The Morgan fingerprint density at radius 3 is 2.33 bits per heavy atom. The molecule has 0 aromatic carbocycles. The average molecular weight is 89.1 g/mol. The summed E-state index contributed by atoms with van der Waals surface area (Å²) in [6.07, 6.45) is 0.705. The first kappa shape index (κ1) is 5.93. The fraction of sp³-hybridized carbons (Fsp3) is 0.800. The second-order valence-corrected chi connectivity index (χ2v) is 1.55. The van der Waals surface area contributed by atoms with Crippen LogP contribution >= 0.6 is 0 Å². The lowest BCUT2D eigenvalue weighted by Gasteiger charge is -1.95. The van der Waals surface area contributed by atoms with Crippen LogP contribution in [0.25, 0.3) is 0 Å². The van der Waals surface area contributed by atoms with Gasteiger partial charge in [0, 0.05) is 0 Å². The Morgan fingerprint density at radius 1 is 1.83 bits per heavy atom. The number of hydrogen-bond donors (Lipinski definition) is 0. The molecule has 37 valence electrons. The fourth-order valence-electron chi connectivity index (χ4n) is 0.0772. The third-order valence-electron chi connectivity index (χ3n) is 0.756. The molecule has 1 unspecified atom stereocenters. The van der Waals surface area contributed by atoms with Crippen molar-refractivity contribution in [1.82, 2.24) is 0 Å². The smallest absolute Gasteiger partial charge is 0.0919 e. The summed E-state index contributed by atoms with van der Waals surface area (Å²) >= 11 is 0. The van der Waals surface area contributed by atoms with Crippen LogP contribution in [0.15, 0.2) is 0 Å². The quantitative estimate of drug-likeness (QED) is 0.484. The molecular formula is C5H10F. The summed E-state index contributed by atoms with van der Waals surface area (Å²) in [6, 6.07) is 0. The summed E-state index contributed by atoms with van der Waals surface area (Å²) in [5.41, 5.74) is 0. The SMILES string of the molecule is [CH2]CC(C)CF. The minimum Gasteiger partial charge on any atom is -0.251 e. The summed E-state index contributed by atoms with van der Waals surface area (Å²) in [7, 11) is 0. The molecule has 0 amide bonds. The fourth-order valence-corrected chi connectivity index (χ4v) is 0.0772. The van der Waals surface area contributed by atoms with Crippen LogP contribution in [0.4, 0.5) is 4.39 Å². The molecule has 0 N–H and O–H groups in total. The monoisotopic (exact) mass is 89.1 g/mol. The van der Waals surface area contributed by atoms with Crippen LogP contribution in [0.1, 0.15) is 13.3 Å². The van der Waals surface area contributed by atoms with Crippen molar-refractivity contribution >= 4 is 0 Å². The molecular weight excluding hydrogens is 79.1 g/mol. The number of hydrogen-bond acceptors (Lipinski definition) is 0. The van der Waals surface area contributed by atoms with Crippen LogP contribution in [0.3, 0.4) is 0 Å². The van der Waals surface area contributed by atoms with E-state index in [0.717, 1.165) is 0 Å². The van der Waals surface area contributed by atoms with Gasteiger partial charge in [-0.2, -0.15) is 0 Å². The molecule has 0 rings (SSSR count). The highest BCUT2D eigenvalue weighted by atomic mass is 19.1. The van der Waals surface area contributed by atoms with Crippen molar-refractivity contribution in [2.24, 2.45) is 5.92 Å². The molecule has 0 aliphatic rings. The lowest BCUT2D eigenvalue weighted by Crippen LogP contribution is -1.91. The van der Waals surface area contributed by atoms with Gasteiger partial charge >= 0.3 is 0 Å². The van der Waals surface area contributed by atoms with E-state index in [1.807, 2.05) is 6.92 Å². The van der Waals surface area contributed by atoms with E-state index >= 15 is 0 Å². The highest BCUT2D eigenvalue weighted by molar-refractivity contribution is 4.49. The lowest BCUT2D eigenvalue weighted by atomic mass is 10.1. The predicted molar refractivity (Wildman–Crippen MR) is 25.1 cm³/mol. The summed E-state index contributed by atoms with van der Waals surface area (Å²) < 4.78 is 11.3. The van der Waals surface area contributed by atoms with Crippen molar-refractivity contribution in [3.05, 3.63) is 6.92 Å². The summed E-state index contributed by atoms with van der Waals surface area (Å²) in [5.74, 6) is 0.157. The van der Waals surface area contributed by atoms with Crippen molar-refractivity contribution < 1.29 is 4.39 Å². The molecule has 0 nitrogen and oxygen atoms in total. The van der Waals surface area contributed by atoms with E-state index in [9.17, 15) is 4.39 Å². The second kappa shape index (κ2) is 3.13. The predicted octanol–water partition coefficient (Wildman–Crippen LogP) is 1.82. The van der Waals surface area contributed by atoms with E-state index in [-0.39, 0.29) is 12.6 Å².